The van der Waals surface area contributed by atoms with Crippen LogP contribution in [-0.4, -0.2) is 107 Å². The molecular formula is C24H36N10O14P2+2. The summed E-state index contributed by atoms with van der Waals surface area (Å²) in [7, 11) is -6.28. The monoisotopic (exact) mass is 750 g/mol. The van der Waals surface area contributed by atoms with E-state index in [1.807, 2.05) is 0 Å². The van der Waals surface area contributed by atoms with Crippen molar-refractivity contribution in [3.8, 4) is 0 Å². The van der Waals surface area contributed by atoms with E-state index in [1.54, 1.807) is 18.7 Å². The Kier molecular flexibility index (Phi) is 9.54. The number of aromatic nitrogens is 6. The van der Waals surface area contributed by atoms with Crippen molar-refractivity contribution in [1.29, 1.82) is 0 Å². The lowest BCUT2D eigenvalue weighted by atomic mass is 10.1. The largest absolute Gasteiger partial charge is 0.481 e. The van der Waals surface area contributed by atoms with Crippen molar-refractivity contribution in [2.75, 3.05) is 26.1 Å². The molecule has 26 heteroatoms. The molecular weight excluding hydrogens is 714 g/mol. The van der Waals surface area contributed by atoms with E-state index in [1.165, 1.54) is 33.5 Å². The summed E-state index contributed by atoms with van der Waals surface area (Å²) in [4.78, 5) is 43.6. The summed E-state index contributed by atoms with van der Waals surface area (Å²) in [5.41, 5.74) is 12.1. The van der Waals surface area contributed by atoms with Crippen LogP contribution < -0.4 is 31.5 Å². The molecule has 0 saturated carbocycles. The quantitative estimate of drug-likeness (QED) is 0.0668. The molecule has 3 aliphatic heterocycles. The van der Waals surface area contributed by atoms with Crippen LogP contribution in [0.3, 0.4) is 0 Å². The number of aryl methyl sites for hydroxylation is 2. The molecule has 2 fully saturated rings. The van der Waals surface area contributed by atoms with Crippen LogP contribution in [-0.2, 0) is 50.8 Å². The van der Waals surface area contributed by atoms with Gasteiger partial charge in [-0.05, 0) is 0 Å². The number of ether oxygens (including phenoxy) is 3. The number of guanidine groups is 1. The average Bonchev–Trinajstić information content (AvgIpc) is 3.71. The number of aliphatic imine (C=N–C) groups is 1. The van der Waals surface area contributed by atoms with Gasteiger partial charge in [-0.15, -0.1) is 0 Å². The number of hydrogen-bond donors (Lipinski definition) is 9. The van der Waals surface area contributed by atoms with Crippen LogP contribution in [0.4, 0.5) is 11.8 Å². The SMILES string of the molecule is C=C1NC(N)=Nc2c1n(C)c[n+]2[C@@H]1O[C@H](COP(=O)(O)OP(=O)(O)OC[C@H]2O[C@@H]([n+]3cn(C)c4c(=O)[nH]c(N)nc43)[C@H](OC)[C@@H]2O)[C@@H](O)[C@H]1O. The van der Waals surface area contributed by atoms with Crippen LogP contribution >= 0.6 is 15.6 Å². The number of nitrogens with zero attached hydrogens (tertiary/aromatic N) is 6. The van der Waals surface area contributed by atoms with Gasteiger partial charge >= 0.3 is 27.1 Å². The maximum absolute atomic E-state index is 12.7. The van der Waals surface area contributed by atoms with Crippen molar-refractivity contribution in [3.63, 3.8) is 0 Å². The number of imidazole rings is 2. The highest BCUT2D eigenvalue weighted by Crippen LogP contribution is 2.60. The zero-order valence-electron chi connectivity index (χ0n) is 26.5. The lowest BCUT2D eigenvalue weighted by Gasteiger charge is -2.20. The molecule has 0 spiro atoms. The number of phosphoric ester groups is 2. The number of aromatic amines is 1. The minimum absolute atomic E-state index is 0.0149. The minimum Gasteiger partial charge on any atom is -0.387 e. The molecule has 6 heterocycles. The topological polar surface area (TPSA) is 330 Å². The van der Waals surface area contributed by atoms with Gasteiger partial charge in [0.15, 0.2) is 18.3 Å². The van der Waals surface area contributed by atoms with E-state index < -0.39 is 83.5 Å². The second-order valence-corrected chi connectivity index (χ2v) is 14.6. The fourth-order valence-electron chi connectivity index (χ4n) is 5.98. The summed E-state index contributed by atoms with van der Waals surface area (Å²) >= 11 is 0. The van der Waals surface area contributed by atoms with Crippen LogP contribution in [0, 0.1) is 0 Å². The van der Waals surface area contributed by atoms with Gasteiger partial charge in [0.05, 0.1) is 33.0 Å². The minimum atomic E-state index is -5.39. The van der Waals surface area contributed by atoms with Crippen LogP contribution in [0.1, 0.15) is 18.1 Å². The number of H-pyrrole nitrogens is 1. The number of aliphatic hydroxyl groups excluding tert-OH is 3. The molecule has 0 bridgehead atoms. The number of anilines is 1. The average molecular weight is 751 g/mol. The Bertz CT molecular complexity index is 2020. The molecule has 0 aliphatic carbocycles. The van der Waals surface area contributed by atoms with Gasteiger partial charge in [-0.3, -0.25) is 28.0 Å². The third-order valence-electron chi connectivity index (χ3n) is 8.17. The van der Waals surface area contributed by atoms with E-state index in [-0.39, 0.29) is 28.9 Å². The Morgan fingerprint density at radius 3 is 2.22 bits per heavy atom. The Morgan fingerprint density at radius 2 is 1.58 bits per heavy atom. The van der Waals surface area contributed by atoms with Gasteiger partial charge in [0.2, 0.25) is 18.0 Å². The van der Waals surface area contributed by atoms with Crippen LogP contribution in [0.25, 0.3) is 16.9 Å². The fraction of sp³-hybridized carbons (Fsp3) is 0.542. The summed E-state index contributed by atoms with van der Waals surface area (Å²) in [5.74, 6) is 0.0706. The van der Waals surface area contributed by atoms with Crippen LogP contribution in [0.5, 0.6) is 0 Å². The third kappa shape index (κ3) is 6.62. The Balaban J connectivity index is 1.08. The first-order valence-corrected chi connectivity index (χ1v) is 17.6. The molecule has 3 aromatic heterocycles. The lowest BCUT2D eigenvalue weighted by molar-refractivity contribution is -0.754. The van der Waals surface area contributed by atoms with Crippen LogP contribution in [0.15, 0.2) is 29.0 Å². The van der Waals surface area contributed by atoms with E-state index >= 15 is 0 Å². The molecule has 0 aromatic carbocycles. The highest BCUT2D eigenvalue weighted by atomic mass is 31.3. The van der Waals surface area contributed by atoms with Crippen molar-refractivity contribution in [3.05, 3.63) is 35.3 Å². The third-order valence-corrected chi connectivity index (χ3v) is 10.8. The van der Waals surface area contributed by atoms with Crippen molar-refractivity contribution in [1.82, 2.24) is 24.4 Å². The fourth-order valence-corrected chi connectivity index (χ4v) is 8.07. The molecule has 274 valence electrons. The molecule has 0 radical (unpaired) electrons. The summed E-state index contributed by atoms with van der Waals surface area (Å²) in [6, 6.07) is 0. The van der Waals surface area contributed by atoms with E-state index in [0.29, 0.717) is 11.4 Å². The zero-order valence-corrected chi connectivity index (χ0v) is 28.3. The van der Waals surface area contributed by atoms with Crippen molar-refractivity contribution in [2.24, 2.45) is 24.8 Å². The summed E-state index contributed by atoms with van der Waals surface area (Å²) in [5, 5.41) is 35.0. The second kappa shape index (κ2) is 13.2. The Morgan fingerprint density at radius 1 is 0.980 bits per heavy atom. The van der Waals surface area contributed by atoms with Gasteiger partial charge in [-0.25, -0.2) is 18.3 Å². The first kappa shape index (κ1) is 36.2. The first-order valence-electron chi connectivity index (χ1n) is 14.6. The number of hydrogen-bond acceptors (Lipinski definition) is 17. The number of phosphoric acid groups is 2. The number of methoxy groups -OCH3 is 1. The van der Waals surface area contributed by atoms with Gasteiger partial charge in [-0.1, -0.05) is 16.6 Å². The van der Waals surface area contributed by atoms with Crippen molar-refractivity contribution < 1.29 is 70.9 Å². The predicted molar refractivity (Wildman–Crippen MR) is 164 cm³/mol. The van der Waals surface area contributed by atoms with Gasteiger partial charge < -0.3 is 56.1 Å². The highest BCUT2D eigenvalue weighted by molar-refractivity contribution is 7.61. The number of rotatable bonds is 11. The molecule has 6 rings (SSSR count). The van der Waals surface area contributed by atoms with Crippen molar-refractivity contribution >= 4 is 50.2 Å². The number of nitrogens with two attached hydrogens (primary N) is 2. The molecule has 2 unspecified atom stereocenters. The second-order valence-electron chi connectivity index (χ2n) is 11.6. The van der Waals surface area contributed by atoms with E-state index in [9.17, 15) is 39.0 Å². The van der Waals surface area contributed by atoms with Crippen molar-refractivity contribution in [2.45, 2.75) is 49.1 Å². The molecule has 50 heavy (non-hydrogen) atoms. The summed E-state index contributed by atoms with van der Waals surface area (Å²) in [6.45, 7) is 2.14. The number of nitrogen functional groups attached to an aromatic ring is 1. The molecule has 11 N–H and O–H groups in total. The standard InChI is InChI=1S/C24H34N10O14P2/c1-9-12-18(28-23(25)27-9)33(7-31(12)2)21-16(37)14(35)10(46-21)5-44-49(39,40)48-50(41,42)45-6-11-15(36)17(43-4)22(47-11)34-8-32(3)13-19(34)29-24(26)30-20(13)38/h7-8,10-11,14-17,21-22,35-37H,1,5-6H2,2-4H3,(H6-2,25,26,27,28,29,30,38,39,40,41,42)/p+2/t10-,11-,14-,15-,16-,17-,21-,22-/m1/s1. The van der Waals surface area contributed by atoms with E-state index in [0.717, 1.165) is 0 Å². The highest BCUT2D eigenvalue weighted by Gasteiger charge is 2.51. The normalized spacial score (nSPS) is 30.6. The summed E-state index contributed by atoms with van der Waals surface area (Å²) < 4.78 is 62.1. The first-order chi connectivity index (χ1) is 23.4. The molecule has 3 aliphatic rings. The van der Waals surface area contributed by atoms with Gasteiger partial charge in [0.25, 0.3) is 17.5 Å². The van der Waals surface area contributed by atoms with Gasteiger partial charge in [0.1, 0.15) is 36.6 Å². The number of nitrogens with one attached hydrogen (secondary N) is 2. The zero-order chi connectivity index (χ0) is 36.4. The van der Waals surface area contributed by atoms with Crippen LogP contribution in [0.2, 0.25) is 0 Å². The molecule has 24 nitrogen and oxygen atoms in total. The predicted octanol–water partition coefficient (Wildman–Crippen LogP) is -3.88. The molecule has 3 aromatic rings. The van der Waals surface area contributed by atoms with Gasteiger partial charge in [0, 0.05) is 7.11 Å². The van der Waals surface area contributed by atoms with E-state index in [4.69, 9.17) is 34.7 Å². The number of aliphatic hydroxyl groups is 3. The molecule has 2 saturated heterocycles. The maximum atomic E-state index is 12.7. The lowest BCUT2D eigenvalue weighted by Crippen LogP contribution is -2.47. The number of fused-ring (bicyclic) bond motifs is 2. The Labute approximate surface area is 280 Å². The smallest absolute Gasteiger partial charge is 0.387 e. The van der Waals surface area contributed by atoms with E-state index in [2.05, 4.69) is 31.2 Å². The van der Waals surface area contributed by atoms with Gasteiger partial charge in [-0.2, -0.15) is 4.31 Å². The molecule has 0 amide bonds. The Hall–Kier alpha value is -3.61. The maximum Gasteiger partial charge on any atom is 0.481 e. The summed E-state index contributed by atoms with van der Waals surface area (Å²) in [6.07, 6.45) is -8.06. The molecule has 10 atom stereocenters.